The first-order valence-corrected chi connectivity index (χ1v) is 8.62. The number of anilines is 2. The zero-order valence-electron chi connectivity index (χ0n) is 14.1. The predicted octanol–water partition coefficient (Wildman–Crippen LogP) is 1.09. The molecule has 2 fully saturated rings. The van der Waals surface area contributed by atoms with Crippen LogP contribution in [0.4, 0.5) is 11.8 Å². The van der Waals surface area contributed by atoms with Crippen LogP contribution in [0.5, 0.6) is 0 Å². The summed E-state index contributed by atoms with van der Waals surface area (Å²) in [5.74, 6) is 3.21. The summed E-state index contributed by atoms with van der Waals surface area (Å²) >= 11 is 0. The fourth-order valence-corrected chi connectivity index (χ4v) is 3.31. The van der Waals surface area contributed by atoms with E-state index in [4.69, 9.17) is 9.40 Å². The monoisotopic (exact) mass is 329 g/mol. The molecule has 2 aromatic rings. The van der Waals surface area contributed by atoms with E-state index in [1.165, 1.54) is 12.8 Å². The Morgan fingerprint density at radius 1 is 1.00 bits per heavy atom. The van der Waals surface area contributed by atoms with Gasteiger partial charge in [-0.25, -0.2) is 4.98 Å². The molecule has 4 heterocycles. The maximum absolute atomic E-state index is 5.46. The molecular formula is C16H23N7O. The molecule has 8 heteroatoms. The second-order valence-electron chi connectivity index (χ2n) is 6.39. The Bertz CT molecular complexity index is 675. The summed E-state index contributed by atoms with van der Waals surface area (Å²) in [5, 5.41) is 7.95. The van der Waals surface area contributed by atoms with Crippen molar-refractivity contribution in [2.75, 3.05) is 49.1 Å². The van der Waals surface area contributed by atoms with Gasteiger partial charge in [-0.15, -0.1) is 10.2 Å². The van der Waals surface area contributed by atoms with Crippen molar-refractivity contribution in [3.63, 3.8) is 0 Å². The van der Waals surface area contributed by atoms with Crippen LogP contribution in [-0.2, 0) is 6.54 Å². The highest BCUT2D eigenvalue weighted by Gasteiger charge is 2.22. The van der Waals surface area contributed by atoms with Crippen molar-refractivity contribution in [3.8, 4) is 0 Å². The minimum absolute atomic E-state index is 0.621. The standard InChI is InChI=1S/C16H23N7O/c1-13-19-20-15(24-13)12-21-8-10-23(11-9-21)16-17-5-4-14(18-16)22-6-2-3-7-22/h4-5H,2-3,6-12H2,1H3. The molecule has 0 saturated carbocycles. The molecule has 0 aliphatic carbocycles. The lowest BCUT2D eigenvalue weighted by Gasteiger charge is -2.34. The number of aromatic nitrogens is 4. The van der Waals surface area contributed by atoms with Gasteiger partial charge >= 0.3 is 0 Å². The van der Waals surface area contributed by atoms with Crippen LogP contribution < -0.4 is 9.80 Å². The van der Waals surface area contributed by atoms with Gasteiger partial charge in [0.15, 0.2) is 0 Å². The minimum atomic E-state index is 0.621. The van der Waals surface area contributed by atoms with Crippen molar-refractivity contribution in [2.45, 2.75) is 26.3 Å². The molecule has 0 atom stereocenters. The quantitative estimate of drug-likeness (QED) is 0.825. The van der Waals surface area contributed by atoms with E-state index in [9.17, 15) is 0 Å². The van der Waals surface area contributed by atoms with E-state index in [2.05, 4.69) is 29.9 Å². The predicted molar refractivity (Wildman–Crippen MR) is 90.0 cm³/mol. The maximum atomic E-state index is 5.46. The third-order valence-electron chi connectivity index (χ3n) is 4.64. The number of hydrogen-bond acceptors (Lipinski definition) is 8. The van der Waals surface area contributed by atoms with Crippen LogP contribution in [0, 0.1) is 6.92 Å². The fraction of sp³-hybridized carbons (Fsp3) is 0.625. The van der Waals surface area contributed by atoms with Gasteiger partial charge in [-0.3, -0.25) is 4.90 Å². The van der Waals surface area contributed by atoms with E-state index in [0.717, 1.165) is 51.0 Å². The zero-order valence-corrected chi connectivity index (χ0v) is 14.1. The molecule has 2 saturated heterocycles. The van der Waals surface area contributed by atoms with E-state index in [-0.39, 0.29) is 0 Å². The number of hydrogen-bond donors (Lipinski definition) is 0. The van der Waals surface area contributed by atoms with E-state index >= 15 is 0 Å². The van der Waals surface area contributed by atoms with Gasteiger partial charge in [0.2, 0.25) is 17.7 Å². The summed E-state index contributed by atoms with van der Waals surface area (Å²) in [6.45, 7) is 8.45. The fourth-order valence-electron chi connectivity index (χ4n) is 3.31. The van der Waals surface area contributed by atoms with Gasteiger partial charge in [0.1, 0.15) is 5.82 Å². The number of nitrogens with zero attached hydrogens (tertiary/aromatic N) is 7. The molecule has 4 rings (SSSR count). The smallest absolute Gasteiger partial charge is 0.230 e. The number of rotatable bonds is 4. The molecule has 0 amide bonds. The third kappa shape index (κ3) is 3.33. The lowest BCUT2D eigenvalue weighted by atomic mass is 10.3. The van der Waals surface area contributed by atoms with Gasteiger partial charge in [0, 0.05) is 52.4 Å². The van der Waals surface area contributed by atoms with Gasteiger partial charge in [-0.1, -0.05) is 0 Å². The van der Waals surface area contributed by atoms with E-state index in [1.807, 2.05) is 19.2 Å². The lowest BCUT2D eigenvalue weighted by Crippen LogP contribution is -2.46. The van der Waals surface area contributed by atoms with Crippen LogP contribution in [0.25, 0.3) is 0 Å². The van der Waals surface area contributed by atoms with Crippen LogP contribution >= 0.6 is 0 Å². The molecule has 2 aliphatic heterocycles. The normalized spacial score (nSPS) is 19.2. The van der Waals surface area contributed by atoms with Crippen molar-refractivity contribution in [1.29, 1.82) is 0 Å². The maximum Gasteiger partial charge on any atom is 0.230 e. The summed E-state index contributed by atoms with van der Waals surface area (Å²) in [4.78, 5) is 16.2. The number of aryl methyl sites for hydroxylation is 1. The SMILES string of the molecule is Cc1nnc(CN2CCN(c3nccc(N4CCCC4)n3)CC2)o1. The molecule has 128 valence electrons. The van der Waals surface area contributed by atoms with Gasteiger partial charge in [0.25, 0.3) is 0 Å². The largest absolute Gasteiger partial charge is 0.424 e. The van der Waals surface area contributed by atoms with Gasteiger partial charge in [-0.2, -0.15) is 4.98 Å². The second kappa shape index (κ2) is 6.72. The minimum Gasteiger partial charge on any atom is -0.424 e. The van der Waals surface area contributed by atoms with Crippen LogP contribution in [-0.4, -0.2) is 64.3 Å². The van der Waals surface area contributed by atoms with Crippen molar-refractivity contribution in [3.05, 3.63) is 24.0 Å². The van der Waals surface area contributed by atoms with Crippen molar-refractivity contribution in [2.24, 2.45) is 0 Å². The van der Waals surface area contributed by atoms with Gasteiger partial charge < -0.3 is 14.2 Å². The summed E-state index contributed by atoms with van der Waals surface area (Å²) < 4.78 is 5.46. The molecule has 2 aliphatic rings. The summed E-state index contributed by atoms with van der Waals surface area (Å²) in [6.07, 6.45) is 4.39. The molecule has 0 radical (unpaired) electrons. The first-order valence-electron chi connectivity index (χ1n) is 8.62. The highest BCUT2D eigenvalue weighted by atomic mass is 16.4. The molecule has 0 aromatic carbocycles. The average Bonchev–Trinajstić information content (AvgIpc) is 3.28. The summed E-state index contributed by atoms with van der Waals surface area (Å²) in [5.41, 5.74) is 0. The zero-order chi connectivity index (χ0) is 16.4. The Kier molecular flexibility index (Phi) is 4.29. The molecular weight excluding hydrogens is 306 g/mol. The van der Waals surface area contributed by atoms with E-state index in [0.29, 0.717) is 18.3 Å². The Morgan fingerprint density at radius 3 is 2.50 bits per heavy atom. The third-order valence-corrected chi connectivity index (χ3v) is 4.64. The molecule has 0 unspecified atom stereocenters. The van der Waals surface area contributed by atoms with Gasteiger partial charge in [0.05, 0.1) is 6.54 Å². The first-order chi connectivity index (χ1) is 11.8. The number of piperazine rings is 1. The van der Waals surface area contributed by atoms with Crippen LogP contribution in [0.15, 0.2) is 16.7 Å². The summed E-state index contributed by atoms with van der Waals surface area (Å²) in [7, 11) is 0. The second-order valence-corrected chi connectivity index (χ2v) is 6.39. The van der Waals surface area contributed by atoms with E-state index in [1.54, 1.807) is 0 Å². The molecule has 0 bridgehead atoms. The van der Waals surface area contributed by atoms with Crippen LogP contribution in [0.3, 0.4) is 0 Å². The Morgan fingerprint density at radius 2 is 1.79 bits per heavy atom. The Labute approximate surface area is 141 Å². The van der Waals surface area contributed by atoms with Crippen molar-refractivity contribution >= 4 is 11.8 Å². The van der Waals surface area contributed by atoms with Crippen LogP contribution in [0.1, 0.15) is 24.6 Å². The van der Waals surface area contributed by atoms with Crippen molar-refractivity contribution < 1.29 is 4.42 Å². The van der Waals surface area contributed by atoms with Gasteiger partial charge in [-0.05, 0) is 18.9 Å². The lowest BCUT2D eigenvalue weighted by molar-refractivity contribution is 0.224. The molecule has 8 nitrogen and oxygen atoms in total. The van der Waals surface area contributed by atoms with E-state index < -0.39 is 0 Å². The molecule has 0 N–H and O–H groups in total. The topological polar surface area (TPSA) is 74.4 Å². The van der Waals surface area contributed by atoms with Crippen LogP contribution in [0.2, 0.25) is 0 Å². The molecule has 24 heavy (non-hydrogen) atoms. The van der Waals surface area contributed by atoms with Crippen molar-refractivity contribution in [1.82, 2.24) is 25.1 Å². The Hall–Kier alpha value is -2.22. The Balaban J connectivity index is 1.36. The highest BCUT2D eigenvalue weighted by molar-refractivity contribution is 5.44. The molecule has 2 aromatic heterocycles. The first kappa shape index (κ1) is 15.3. The highest BCUT2D eigenvalue weighted by Crippen LogP contribution is 2.20. The average molecular weight is 329 g/mol. The summed E-state index contributed by atoms with van der Waals surface area (Å²) in [6, 6.07) is 2.02. The molecule has 0 spiro atoms.